The normalized spacial score (nSPS) is 11.5. The van der Waals surface area contributed by atoms with Crippen molar-refractivity contribution in [3.05, 3.63) is 33.9 Å². The number of rotatable bonds is 7. The maximum absolute atomic E-state index is 12.1. The van der Waals surface area contributed by atoms with Crippen LogP contribution in [0.15, 0.2) is 23.1 Å². The van der Waals surface area contributed by atoms with Crippen molar-refractivity contribution in [2.24, 2.45) is 0 Å². The van der Waals surface area contributed by atoms with Gasteiger partial charge in [0.2, 0.25) is 10.0 Å². The van der Waals surface area contributed by atoms with E-state index in [0.717, 1.165) is 19.3 Å². The lowest BCUT2D eigenvalue weighted by Gasteiger charge is -2.09. The topological polar surface area (TPSA) is 89.3 Å². The lowest BCUT2D eigenvalue weighted by molar-refractivity contribution is -0.387. The Morgan fingerprint density at radius 3 is 2.58 bits per heavy atom. The SMILES string of the molecule is CCCCCNS(=O)(=O)c1c(C)cccc1[N+](=O)[O-]. The Bertz CT molecular complexity index is 555. The van der Waals surface area contributed by atoms with Gasteiger partial charge in [0, 0.05) is 12.6 Å². The fraction of sp³-hybridized carbons (Fsp3) is 0.500. The van der Waals surface area contributed by atoms with Crippen molar-refractivity contribution >= 4 is 15.7 Å². The molecule has 0 aromatic heterocycles. The maximum Gasteiger partial charge on any atom is 0.289 e. The number of hydrogen-bond acceptors (Lipinski definition) is 4. The van der Waals surface area contributed by atoms with Crippen LogP contribution in [0.2, 0.25) is 0 Å². The van der Waals surface area contributed by atoms with Crippen molar-refractivity contribution in [3.63, 3.8) is 0 Å². The van der Waals surface area contributed by atoms with E-state index in [-0.39, 0.29) is 10.6 Å². The summed E-state index contributed by atoms with van der Waals surface area (Å²) < 4.78 is 26.7. The third-order valence-electron chi connectivity index (χ3n) is 2.73. The third kappa shape index (κ3) is 4.00. The van der Waals surface area contributed by atoms with Crippen molar-refractivity contribution in [2.75, 3.05) is 6.54 Å². The largest absolute Gasteiger partial charge is 0.289 e. The summed E-state index contributed by atoms with van der Waals surface area (Å²) in [5, 5.41) is 10.9. The van der Waals surface area contributed by atoms with Crippen LogP contribution in [0.5, 0.6) is 0 Å². The zero-order valence-electron chi connectivity index (χ0n) is 11.0. The molecule has 1 aromatic rings. The van der Waals surface area contributed by atoms with Crippen LogP contribution in [-0.2, 0) is 10.0 Å². The Morgan fingerprint density at radius 2 is 2.00 bits per heavy atom. The molecule has 0 bridgehead atoms. The number of sulfonamides is 1. The first kappa shape index (κ1) is 15.6. The third-order valence-corrected chi connectivity index (χ3v) is 4.38. The molecule has 19 heavy (non-hydrogen) atoms. The van der Waals surface area contributed by atoms with E-state index >= 15 is 0 Å². The van der Waals surface area contributed by atoms with Crippen LogP contribution in [0.3, 0.4) is 0 Å². The number of unbranched alkanes of at least 4 members (excludes halogenated alkanes) is 2. The van der Waals surface area contributed by atoms with Gasteiger partial charge in [0.15, 0.2) is 4.90 Å². The summed E-state index contributed by atoms with van der Waals surface area (Å²) in [6, 6.07) is 4.23. The molecule has 0 unspecified atom stereocenters. The molecule has 0 aliphatic heterocycles. The first-order valence-electron chi connectivity index (χ1n) is 6.14. The summed E-state index contributed by atoms with van der Waals surface area (Å²) in [6.45, 7) is 3.86. The summed E-state index contributed by atoms with van der Waals surface area (Å²) in [6.07, 6.45) is 2.61. The van der Waals surface area contributed by atoms with Gasteiger partial charge in [-0.1, -0.05) is 31.9 Å². The minimum Gasteiger partial charge on any atom is -0.258 e. The Morgan fingerprint density at radius 1 is 1.32 bits per heavy atom. The molecule has 0 fully saturated rings. The van der Waals surface area contributed by atoms with Gasteiger partial charge in [-0.3, -0.25) is 10.1 Å². The molecule has 0 heterocycles. The molecule has 0 saturated heterocycles. The molecule has 0 aliphatic carbocycles. The molecule has 0 aliphatic rings. The van der Waals surface area contributed by atoms with Gasteiger partial charge in [0.25, 0.3) is 5.69 Å². The molecule has 0 radical (unpaired) electrons. The number of nitro benzene ring substituents is 1. The zero-order chi connectivity index (χ0) is 14.5. The minimum atomic E-state index is -3.84. The first-order chi connectivity index (χ1) is 8.90. The van der Waals surface area contributed by atoms with Gasteiger partial charge in [0.1, 0.15) is 0 Å². The molecular formula is C12H18N2O4S. The Balaban J connectivity index is 3.04. The molecular weight excluding hydrogens is 268 g/mol. The first-order valence-corrected chi connectivity index (χ1v) is 7.62. The van der Waals surface area contributed by atoms with Gasteiger partial charge >= 0.3 is 0 Å². The van der Waals surface area contributed by atoms with E-state index in [4.69, 9.17) is 0 Å². The smallest absolute Gasteiger partial charge is 0.258 e. The molecule has 0 spiro atoms. The molecule has 1 N–H and O–H groups in total. The highest BCUT2D eigenvalue weighted by Crippen LogP contribution is 2.26. The lowest BCUT2D eigenvalue weighted by atomic mass is 10.2. The minimum absolute atomic E-state index is 0.239. The van der Waals surface area contributed by atoms with Crippen LogP contribution in [-0.4, -0.2) is 19.9 Å². The van der Waals surface area contributed by atoms with Crippen molar-refractivity contribution in [2.45, 2.75) is 38.0 Å². The fourth-order valence-electron chi connectivity index (χ4n) is 1.78. The molecule has 1 rings (SSSR count). The standard InChI is InChI=1S/C12H18N2O4S/c1-3-4-5-9-13-19(17,18)12-10(2)7-6-8-11(12)14(15)16/h6-8,13H,3-5,9H2,1-2H3. The van der Waals surface area contributed by atoms with Crippen LogP contribution in [0, 0.1) is 17.0 Å². The van der Waals surface area contributed by atoms with Gasteiger partial charge in [-0.2, -0.15) is 0 Å². The number of nitrogens with zero attached hydrogens (tertiary/aromatic N) is 1. The van der Waals surface area contributed by atoms with Gasteiger partial charge in [-0.15, -0.1) is 0 Å². The van der Waals surface area contributed by atoms with Crippen LogP contribution >= 0.6 is 0 Å². The van der Waals surface area contributed by atoms with Crippen molar-refractivity contribution < 1.29 is 13.3 Å². The Labute approximate surface area is 113 Å². The average Bonchev–Trinajstić information content (AvgIpc) is 2.34. The van der Waals surface area contributed by atoms with Crippen LogP contribution < -0.4 is 4.72 Å². The number of nitrogens with one attached hydrogen (secondary N) is 1. The van der Waals surface area contributed by atoms with Gasteiger partial charge in [-0.25, -0.2) is 13.1 Å². The van der Waals surface area contributed by atoms with Crippen molar-refractivity contribution in [1.82, 2.24) is 4.72 Å². The summed E-state index contributed by atoms with van der Waals surface area (Å²) in [4.78, 5) is 10.00. The molecule has 6 nitrogen and oxygen atoms in total. The highest BCUT2D eigenvalue weighted by molar-refractivity contribution is 7.89. The summed E-state index contributed by atoms with van der Waals surface area (Å²) in [5.41, 5.74) is -0.0137. The molecule has 1 aromatic carbocycles. The van der Waals surface area contributed by atoms with Gasteiger partial charge in [0.05, 0.1) is 4.92 Å². The second-order valence-electron chi connectivity index (χ2n) is 4.29. The van der Waals surface area contributed by atoms with Gasteiger partial charge < -0.3 is 0 Å². The number of aryl methyl sites for hydroxylation is 1. The quantitative estimate of drug-likeness (QED) is 0.473. The summed E-state index contributed by atoms with van der Waals surface area (Å²) in [5.74, 6) is 0. The van der Waals surface area contributed by atoms with Crippen LogP contribution in [0.25, 0.3) is 0 Å². The molecule has 7 heteroatoms. The highest BCUT2D eigenvalue weighted by atomic mass is 32.2. The van der Waals surface area contributed by atoms with E-state index in [9.17, 15) is 18.5 Å². The predicted octanol–water partition coefficient (Wildman–Crippen LogP) is 2.37. The molecule has 0 atom stereocenters. The lowest BCUT2D eigenvalue weighted by Crippen LogP contribution is -2.26. The number of benzene rings is 1. The Hall–Kier alpha value is -1.47. The maximum atomic E-state index is 12.1. The average molecular weight is 286 g/mol. The van der Waals surface area contributed by atoms with Crippen LogP contribution in [0.1, 0.15) is 31.7 Å². The molecule has 0 saturated carbocycles. The van der Waals surface area contributed by atoms with Crippen LogP contribution in [0.4, 0.5) is 5.69 Å². The van der Waals surface area contributed by atoms with E-state index < -0.39 is 14.9 Å². The monoisotopic (exact) mass is 286 g/mol. The molecule has 0 amide bonds. The highest BCUT2D eigenvalue weighted by Gasteiger charge is 2.27. The van der Waals surface area contributed by atoms with Crippen molar-refractivity contribution in [3.8, 4) is 0 Å². The summed E-state index contributed by atoms with van der Waals surface area (Å²) >= 11 is 0. The van der Waals surface area contributed by atoms with E-state index in [0.29, 0.717) is 12.1 Å². The zero-order valence-corrected chi connectivity index (χ0v) is 11.9. The van der Waals surface area contributed by atoms with E-state index in [2.05, 4.69) is 4.72 Å². The van der Waals surface area contributed by atoms with E-state index in [1.165, 1.54) is 12.1 Å². The fourth-order valence-corrected chi connectivity index (χ4v) is 3.25. The number of hydrogen-bond donors (Lipinski definition) is 1. The molecule has 106 valence electrons. The second kappa shape index (κ2) is 6.63. The number of nitro groups is 1. The predicted molar refractivity (Wildman–Crippen MR) is 72.5 cm³/mol. The van der Waals surface area contributed by atoms with Crippen molar-refractivity contribution in [1.29, 1.82) is 0 Å². The second-order valence-corrected chi connectivity index (χ2v) is 5.99. The summed E-state index contributed by atoms with van der Waals surface area (Å²) in [7, 11) is -3.84. The van der Waals surface area contributed by atoms with Gasteiger partial charge in [-0.05, 0) is 18.9 Å². The Kier molecular flexibility index (Phi) is 5.44. The van der Waals surface area contributed by atoms with E-state index in [1.807, 2.05) is 6.92 Å². The van der Waals surface area contributed by atoms with E-state index in [1.54, 1.807) is 13.0 Å².